The Morgan fingerprint density at radius 3 is 3.00 bits per heavy atom. The molecule has 0 aromatic carbocycles. The summed E-state index contributed by atoms with van der Waals surface area (Å²) in [7, 11) is 0. The van der Waals surface area contributed by atoms with Crippen molar-refractivity contribution in [1.82, 2.24) is 4.98 Å². The first kappa shape index (κ1) is 7.40. The predicted octanol–water partition coefficient (Wildman–Crippen LogP) is 1.48. The molecule has 1 fully saturated rings. The van der Waals surface area contributed by atoms with Gasteiger partial charge in [-0.2, -0.15) is 0 Å². The summed E-state index contributed by atoms with van der Waals surface area (Å²) in [5.74, 6) is 1.68. The summed E-state index contributed by atoms with van der Waals surface area (Å²) >= 11 is 0. The highest BCUT2D eigenvalue weighted by Gasteiger charge is 2.32. The van der Waals surface area contributed by atoms with Gasteiger partial charge in [-0.15, -0.1) is 0 Å². The molecule has 1 aliphatic carbocycles. The molecule has 3 heteroatoms. The summed E-state index contributed by atoms with van der Waals surface area (Å²) in [5.41, 5.74) is 6.37. The SMILES string of the molecule is CC1CC1Nc1cc(N)ccn1. The lowest BCUT2D eigenvalue weighted by Gasteiger charge is -2.03. The molecule has 3 nitrogen and oxygen atoms in total. The van der Waals surface area contributed by atoms with Crippen molar-refractivity contribution in [3.8, 4) is 0 Å². The van der Waals surface area contributed by atoms with Gasteiger partial charge < -0.3 is 11.1 Å². The highest BCUT2D eigenvalue weighted by atomic mass is 15.0. The Labute approximate surface area is 72.0 Å². The van der Waals surface area contributed by atoms with Crippen molar-refractivity contribution < 1.29 is 0 Å². The number of aromatic nitrogens is 1. The topological polar surface area (TPSA) is 50.9 Å². The normalized spacial score (nSPS) is 26.8. The van der Waals surface area contributed by atoms with E-state index >= 15 is 0 Å². The minimum absolute atomic E-state index is 0.610. The third kappa shape index (κ3) is 1.49. The number of hydrogen-bond acceptors (Lipinski definition) is 3. The fraction of sp³-hybridized carbons (Fsp3) is 0.444. The van der Waals surface area contributed by atoms with Crippen LogP contribution in [0.15, 0.2) is 18.3 Å². The fourth-order valence-corrected chi connectivity index (χ4v) is 1.24. The largest absolute Gasteiger partial charge is 0.399 e. The first-order valence-corrected chi connectivity index (χ1v) is 4.24. The average molecular weight is 163 g/mol. The van der Waals surface area contributed by atoms with Crippen molar-refractivity contribution in [2.24, 2.45) is 5.92 Å². The minimum Gasteiger partial charge on any atom is -0.399 e. The van der Waals surface area contributed by atoms with E-state index in [9.17, 15) is 0 Å². The number of anilines is 2. The van der Waals surface area contributed by atoms with E-state index in [1.54, 1.807) is 12.3 Å². The van der Waals surface area contributed by atoms with Gasteiger partial charge in [-0.3, -0.25) is 0 Å². The van der Waals surface area contributed by atoms with Gasteiger partial charge in [0.15, 0.2) is 0 Å². The van der Waals surface area contributed by atoms with Gasteiger partial charge >= 0.3 is 0 Å². The van der Waals surface area contributed by atoms with Gasteiger partial charge in [-0.1, -0.05) is 6.92 Å². The van der Waals surface area contributed by atoms with Crippen molar-refractivity contribution >= 4 is 11.5 Å². The molecule has 3 N–H and O–H groups in total. The van der Waals surface area contributed by atoms with Crippen LogP contribution in [0, 0.1) is 5.92 Å². The number of nitrogens with zero attached hydrogens (tertiary/aromatic N) is 1. The summed E-state index contributed by atoms with van der Waals surface area (Å²) in [6, 6.07) is 4.27. The van der Waals surface area contributed by atoms with Crippen LogP contribution in [0.5, 0.6) is 0 Å². The number of nitrogens with two attached hydrogens (primary N) is 1. The Hall–Kier alpha value is -1.25. The maximum atomic E-state index is 5.61. The van der Waals surface area contributed by atoms with Crippen LogP contribution in [0.25, 0.3) is 0 Å². The molecular formula is C9H13N3. The molecule has 1 aromatic heterocycles. The quantitative estimate of drug-likeness (QED) is 0.694. The molecule has 0 amide bonds. The molecule has 1 aliphatic rings. The van der Waals surface area contributed by atoms with Crippen LogP contribution in [0.1, 0.15) is 13.3 Å². The summed E-state index contributed by atoms with van der Waals surface area (Å²) in [6.07, 6.45) is 2.97. The molecule has 1 saturated carbocycles. The van der Waals surface area contributed by atoms with Gasteiger partial charge in [-0.25, -0.2) is 4.98 Å². The summed E-state index contributed by atoms with van der Waals surface area (Å²) in [4.78, 5) is 4.16. The Balaban J connectivity index is 2.03. The van der Waals surface area contributed by atoms with Crippen LogP contribution < -0.4 is 11.1 Å². The Morgan fingerprint density at radius 2 is 2.42 bits per heavy atom. The predicted molar refractivity (Wildman–Crippen MR) is 49.8 cm³/mol. The van der Waals surface area contributed by atoms with Gasteiger partial charge in [0.2, 0.25) is 0 Å². The van der Waals surface area contributed by atoms with Crippen LogP contribution in [0.4, 0.5) is 11.5 Å². The Kier molecular flexibility index (Phi) is 1.64. The first-order chi connectivity index (χ1) is 5.75. The van der Waals surface area contributed by atoms with Crippen LogP contribution in [-0.2, 0) is 0 Å². The van der Waals surface area contributed by atoms with Crippen molar-refractivity contribution in [1.29, 1.82) is 0 Å². The van der Waals surface area contributed by atoms with Gasteiger partial charge in [0.05, 0.1) is 0 Å². The third-order valence-electron chi connectivity index (χ3n) is 2.23. The smallest absolute Gasteiger partial charge is 0.128 e. The number of pyridine rings is 1. The monoisotopic (exact) mass is 163 g/mol. The van der Waals surface area contributed by atoms with E-state index in [-0.39, 0.29) is 0 Å². The second-order valence-corrected chi connectivity index (χ2v) is 3.44. The molecule has 0 aliphatic heterocycles. The van der Waals surface area contributed by atoms with Crippen molar-refractivity contribution in [2.75, 3.05) is 11.1 Å². The summed E-state index contributed by atoms with van der Waals surface area (Å²) < 4.78 is 0. The molecule has 1 aromatic rings. The number of nitrogens with one attached hydrogen (secondary N) is 1. The van der Waals surface area contributed by atoms with Crippen LogP contribution >= 0.6 is 0 Å². The molecule has 12 heavy (non-hydrogen) atoms. The molecule has 0 saturated heterocycles. The van der Waals surface area contributed by atoms with E-state index in [1.807, 2.05) is 6.07 Å². The van der Waals surface area contributed by atoms with E-state index < -0.39 is 0 Å². The van der Waals surface area contributed by atoms with E-state index in [4.69, 9.17) is 5.73 Å². The molecular weight excluding hydrogens is 150 g/mol. The van der Waals surface area contributed by atoms with Crippen molar-refractivity contribution in [3.05, 3.63) is 18.3 Å². The molecule has 2 atom stereocenters. The molecule has 0 spiro atoms. The fourth-order valence-electron chi connectivity index (χ4n) is 1.24. The Bertz CT molecular complexity index is 285. The molecule has 2 unspecified atom stereocenters. The van der Waals surface area contributed by atoms with E-state index in [2.05, 4.69) is 17.2 Å². The van der Waals surface area contributed by atoms with Crippen molar-refractivity contribution in [3.63, 3.8) is 0 Å². The maximum Gasteiger partial charge on any atom is 0.128 e. The molecule has 64 valence electrons. The molecule has 2 rings (SSSR count). The second-order valence-electron chi connectivity index (χ2n) is 3.44. The Morgan fingerprint density at radius 1 is 1.67 bits per heavy atom. The standard InChI is InChI=1S/C9H13N3/c1-6-4-8(6)12-9-5-7(10)2-3-11-9/h2-3,5-6,8H,4H2,1H3,(H3,10,11,12). The lowest BCUT2D eigenvalue weighted by atomic mass is 10.4. The van der Waals surface area contributed by atoms with E-state index in [0.717, 1.165) is 17.4 Å². The zero-order valence-corrected chi connectivity index (χ0v) is 7.12. The van der Waals surface area contributed by atoms with E-state index in [1.165, 1.54) is 6.42 Å². The molecule has 0 radical (unpaired) electrons. The van der Waals surface area contributed by atoms with Gasteiger partial charge in [0, 0.05) is 24.0 Å². The highest BCUT2D eigenvalue weighted by Crippen LogP contribution is 2.32. The number of nitrogen functional groups attached to an aromatic ring is 1. The van der Waals surface area contributed by atoms with Crippen LogP contribution in [0.2, 0.25) is 0 Å². The van der Waals surface area contributed by atoms with Gasteiger partial charge in [-0.05, 0) is 18.4 Å². The zero-order chi connectivity index (χ0) is 8.55. The average Bonchev–Trinajstić information content (AvgIpc) is 2.66. The third-order valence-corrected chi connectivity index (χ3v) is 2.23. The number of hydrogen-bond donors (Lipinski definition) is 2. The van der Waals surface area contributed by atoms with E-state index in [0.29, 0.717) is 6.04 Å². The van der Waals surface area contributed by atoms with Gasteiger partial charge in [0.1, 0.15) is 5.82 Å². The summed E-state index contributed by atoms with van der Waals surface area (Å²) in [6.45, 7) is 2.23. The second kappa shape index (κ2) is 2.66. The minimum atomic E-state index is 0.610. The van der Waals surface area contributed by atoms with Crippen LogP contribution in [-0.4, -0.2) is 11.0 Å². The summed E-state index contributed by atoms with van der Waals surface area (Å²) in [5, 5.41) is 3.32. The van der Waals surface area contributed by atoms with Crippen molar-refractivity contribution in [2.45, 2.75) is 19.4 Å². The highest BCUT2D eigenvalue weighted by molar-refractivity contribution is 5.49. The number of rotatable bonds is 2. The first-order valence-electron chi connectivity index (χ1n) is 4.24. The molecule has 0 bridgehead atoms. The maximum absolute atomic E-state index is 5.61. The lowest BCUT2D eigenvalue weighted by molar-refractivity contribution is 0.924. The molecule has 1 heterocycles. The lowest BCUT2D eigenvalue weighted by Crippen LogP contribution is -2.05. The van der Waals surface area contributed by atoms with Crippen LogP contribution in [0.3, 0.4) is 0 Å². The zero-order valence-electron chi connectivity index (χ0n) is 7.12. The van der Waals surface area contributed by atoms with Gasteiger partial charge in [0.25, 0.3) is 0 Å².